The van der Waals surface area contributed by atoms with Gasteiger partial charge < -0.3 is 0 Å². The molecular weight excluding hydrogens is 676 g/mol. The molecular formula is C43H68Br2. The van der Waals surface area contributed by atoms with Gasteiger partial charge in [0.1, 0.15) is 0 Å². The first-order valence-corrected chi connectivity index (χ1v) is 20.6. The Hall–Kier alpha value is -0.600. The molecule has 1 aliphatic carbocycles. The van der Waals surface area contributed by atoms with Gasteiger partial charge >= 0.3 is 0 Å². The molecule has 0 radical (unpaired) electrons. The molecule has 0 saturated heterocycles. The third kappa shape index (κ3) is 12.4. The standard InChI is InChI=1S/C43H68Br2/c1-31(2)13-9-15-33(5)17-11-19-35(7)25-27-43(28-26-36(8)20-12-18-34(6)16-10-14-32(3)4)41-29-37(44)21-23-39(41)40-24-22-38(45)30-42(40)43/h21-24,29-36H,9-20,25-28H2,1-8H3. The first kappa shape index (κ1) is 38.8. The van der Waals surface area contributed by atoms with Crippen LogP contribution in [-0.2, 0) is 5.41 Å². The molecule has 0 heterocycles. The van der Waals surface area contributed by atoms with Crippen LogP contribution in [0.2, 0.25) is 0 Å². The summed E-state index contributed by atoms with van der Waals surface area (Å²) in [6.45, 7) is 19.4. The van der Waals surface area contributed by atoms with Crippen LogP contribution >= 0.6 is 31.9 Å². The number of hydrogen-bond acceptors (Lipinski definition) is 0. The monoisotopic (exact) mass is 742 g/mol. The van der Waals surface area contributed by atoms with Gasteiger partial charge in [0, 0.05) is 14.4 Å². The van der Waals surface area contributed by atoms with Crippen LogP contribution < -0.4 is 0 Å². The third-order valence-electron chi connectivity index (χ3n) is 11.2. The Balaban J connectivity index is 1.67. The molecule has 0 amide bonds. The van der Waals surface area contributed by atoms with E-state index in [1.54, 1.807) is 11.1 Å². The molecule has 0 saturated carbocycles. The topological polar surface area (TPSA) is 0 Å². The van der Waals surface area contributed by atoms with Crippen molar-refractivity contribution in [3.8, 4) is 11.1 Å². The van der Waals surface area contributed by atoms with Gasteiger partial charge in [-0.25, -0.2) is 0 Å². The molecule has 0 spiro atoms. The molecule has 1 aliphatic rings. The lowest BCUT2D eigenvalue weighted by molar-refractivity contribution is 0.322. The van der Waals surface area contributed by atoms with E-state index in [4.69, 9.17) is 0 Å². The van der Waals surface area contributed by atoms with Crippen molar-refractivity contribution >= 4 is 31.9 Å². The fourth-order valence-corrected chi connectivity index (χ4v) is 8.77. The van der Waals surface area contributed by atoms with Gasteiger partial charge in [0.15, 0.2) is 0 Å². The molecule has 2 aromatic rings. The highest BCUT2D eigenvalue weighted by atomic mass is 79.9. The normalized spacial score (nSPS) is 16.5. The summed E-state index contributed by atoms with van der Waals surface area (Å²) >= 11 is 7.75. The van der Waals surface area contributed by atoms with E-state index in [1.807, 2.05) is 0 Å². The van der Waals surface area contributed by atoms with Gasteiger partial charge in [0.05, 0.1) is 0 Å². The van der Waals surface area contributed by atoms with Crippen LogP contribution in [0.3, 0.4) is 0 Å². The second-order valence-corrected chi connectivity index (χ2v) is 18.3. The van der Waals surface area contributed by atoms with Crippen LogP contribution in [0, 0.1) is 35.5 Å². The quantitative estimate of drug-likeness (QED) is 0.113. The average Bonchev–Trinajstić information content (AvgIpc) is 3.22. The molecule has 0 N–H and O–H groups in total. The number of hydrogen-bond donors (Lipinski definition) is 0. The Morgan fingerprint density at radius 3 is 1.09 bits per heavy atom. The van der Waals surface area contributed by atoms with Crippen molar-refractivity contribution in [3.05, 3.63) is 56.5 Å². The Bertz CT molecular complexity index is 1040. The van der Waals surface area contributed by atoms with E-state index < -0.39 is 0 Å². The number of fused-ring (bicyclic) bond motifs is 3. The molecule has 254 valence electrons. The van der Waals surface area contributed by atoms with E-state index in [1.165, 1.54) is 123 Å². The maximum Gasteiger partial charge on any atom is 0.0216 e. The molecule has 3 rings (SSSR count). The van der Waals surface area contributed by atoms with Crippen LogP contribution in [0.5, 0.6) is 0 Å². The summed E-state index contributed by atoms with van der Waals surface area (Å²) in [6.07, 6.45) is 21.8. The van der Waals surface area contributed by atoms with Crippen LogP contribution in [0.4, 0.5) is 0 Å². The van der Waals surface area contributed by atoms with E-state index >= 15 is 0 Å². The van der Waals surface area contributed by atoms with Gasteiger partial charge in [-0.1, -0.05) is 176 Å². The van der Waals surface area contributed by atoms with E-state index in [9.17, 15) is 0 Å². The summed E-state index contributed by atoms with van der Waals surface area (Å²) in [7, 11) is 0. The van der Waals surface area contributed by atoms with Gasteiger partial charge in [0.25, 0.3) is 0 Å². The number of benzene rings is 2. The van der Waals surface area contributed by atoms with Crippen molar-refractivity contribution in [1.29, 1.82) is 0 Å². The SMILES string of the molecule is CC(C)CCCC(C)CCCC(C)CCC1(CCC(C)CCCC(C)CCCC(C)C)c2cc(Br)ccc2-c2ccc(Br)cc21. The van der Waals surface area contributed by atoms with Crippen LogP contribution in [0.15, 0.2) is 45.3 Å². The van der Waals surface area contributed by atoms with Crippen LogP contribution in [-0.4, -0.2) is 0 Å². The summed E-state index contributed by atoms with van der Waals surface area (Å²) in [5.41, 5.74) is 6.18. The predicted molar refractivity (Wildman–Crippen MR) is 208 cm³/mol. The Morgan fingerprint density at radius 2 is 0.756 bits per heavy atom. The van der Waals surface area contributed by atoms with Crippen molar-refractivity contribution in [1.82, 2.24) is 0 Å². The van der Waals surface area contributed by atoms with Crippen LogP contribution in [0.1, 0.15) is 169 Å². The zero-order chi connectivity index (χ0) is 33.0. The largest absolute Gasteiger partial charge is 0.0628 e. The van der Waals surface area contributed by atoms with Gasteiger partial charge in [-0.3, -0.25) is 0 Å². The minimum atomic E-state index is 0.106. The Labute approximate surface area is 297 Å². The number of rotatable bonds is 22. The third-order valence-corrected chi connectivity index (χ3v) is 12.1. The molecule has 0 aliphatic heterocycles. The summed E-state index contributed by atoms with van der Waals surface area (Å²) in [4.78, 5) is 0. The van der Waals surface area contributed by atoms with E-state index in [-0.39, 0.29) is 5.41 Å². The highest BCUT2D eigenvalue weighted by Gasteiger charge is 2.43. The fraction of sp³-hybridized carbons (Fsp3) is 0.721. The molecule has 2 aromatic carbocycles. The van der Waals surface area contributed by atoms with Crippen molar-refractivity contribution in [2.45, 2.75) is 164 Å². The molecule has 0 bridgehead atoms. The zero-order valence-electron chi connectivity index (χ0n) is 30.5. The Morgan fingerprint density at radius 1 is 0.444 bits per heavy atom. The van der Waals surface area contributed by atoms with Crippen LogP contribution in [0.25, 0.3) is 11.1 Å². The summed E-state index contributed by atoms with van der Waals surface area (Å²) in [5, 5.41) is 0. The maximum atomic E-state index is 3.87. The highest BCUT2D eigenvalue weighted by molar-refractivity contribution is 9.10. The van der Waals surface area contributed by atoms with Gasteiger partial charge in [-0.05, 0) is 108 Å². The highest BCUT2D eigenvalue weighted by Crippen LogP contribution is 2.55. The fourth-order valence-electron chi connectivity index (χ4n) is 8.04. The van der Waals surface area contributed by atoms with Gasteiger partial charge in [-0.15, -0.1) is 0 Å². The molecule has 4 atom stereocenters. The smallest absolute Gasteiger partial charge is 0.0216 e. The minimum Gasteiger partial charge on any atom is -0.0628 e. The Kier molecular flexibility index (Phi) is 16.8. The lowest BCUT2D eigenvalue weighted by Crippen LogP contribution is -2.27. The summed E-state index contributed by atoms with van der Waals surface area (Å²) < 4.78 is 2.44. The first-order valence-electron chi connectivity index (χ1n) is 19.0. The van der Waals surface area contributed by atoms with E-state index in [2.05, 4.69) is 124 Å². The molecule has 45 heavy (non-hydrogen) atoms. The molecule has 0 aromatic heterocycles. The van der Waals surface area contributed by atoms with Crippen molar-refractivity contribution in [2.75, 3.05) is 0 Å². The maximum absolute atomic E-state index is 3.87. The lowest BCUT2D eigenvalue weighted by Gasteiger charge is -2.35. The second kappa shape index (κ2) is 19.4. The summed E-state index contributed by atoms with van der Waals surface area (Å²) in [6, 6.07) is 14.2. The van der Waals surface area contributed by atoms with Crippen molar-refractivity contribution < 1.29 is 0 Å². The van der Waals surface area contributed by atoms with E-state index in [0.717, 1.165) is 35.5 Å². The predicted octanol–water partition coefficient (Wildman–Crippen LogP) is 15.6. The molecule has 0 nitrogen and oxygen atoms in total. The minimum absolute atomic E-state index is 0.106. The first-order chi connectivity index (χ1) is 21.4. The van der Waals surface area contributed by atoms with Gasteiger partial charge in [0.2, 0.25) is 0 Å². The summed E-state index contributed by atoms with van der Waals surface area (Å²) in [5.74, 6) is 4.96. The zero-order valence-corrected chi connectivity index (χ0v) is 33.7. The van der Waals surface area contributed by atoms with Crippen molar-refractivity contribution in [3.63, 3.8) is 0 Å². The molecule has 0 fully saturated rings. The number of halogens is 2. The molecule has 2 heteroatoms. The average molecular weight is 745 g/mol. The lowest BCUT2D eigenvalue weighted by atomic mass is 9.69. The second-order valence-electron chi connectivity index (χ2n) is 16.5. The van der Waals surface area contributed by atoms with E-state index in [0.29, 0.717) is 0 Å². The van der Waals surface area contributed by atoms with Crippen molar-refractivity contribution in [2.24, 2.45) is 35.5 Å². The molecule has 4 unspecified atom stereocenters. The van der Waals surface area contributed by atoms with Gasteiger partial charge in [-0.2, -0.15) is 0 Å².